The Hall–Kier alpha value is -3.42. The van der Waals surface area contributed by atoms with Gasteiger partial charge in [-0.2, -0.15) is 0 Å². The van der Waals surface area contributed by atoms with Crippen LogP contribution in [0.3, 0.4) is 0 Å². The molecule has 2 aromatic rings. The van der Waals surface area contributed by atoms with Gasteiger partial charge in [-0.25, -0.2) is 0 Å². The first-order valence-electron chi connectivity index (χ1n) is 10.5. The van der Waals surface area contributed by atoms with E-state index in [1.165, 1.54) is 0 Å². The molecule has 174 valence electrons. The molecule has 0 bridgehead atoms. The molecule has 8 heteroatoms. The van der Waals surface area contributed by atoms with E-state index in [1.54, 1.807) is 29.2 Å². The summed E-state index contributed by atoms with van der Waals surface area (Å²) in [5.41, 5.74) is 8.63. The molecule has 2 aromatic carbocycles. The second kappa shape index (κ2) is 11.8. The number of rotatable bonds is 9. The van der Waals surface area contributed by atoms with Crippen LogP contribution in [0.5, 0.6) is 5.75 Å². The molecule has 0 radical (unpaired) electrons. The van der Waals surface area contributed by atoms with Crippen molar-refractivity contribution in [2.75, 3.05) is 6.54 Å². The number of carbonyl (C=O) groups excluding carboxylic acids is 1. The predicted octanol–water partition coefficient (Wildman–Crippen LogP) is 3.98. The Bertz CT molecular complexity index is 953. The van der Waals surface area contributed by atoms with E-state index in [2.05, 4.69) is 1.45 Å². The van der Waals surface area contributed by atoms with Gasteiger partial charge in [0.15, 0.2) is 0 Å². The number of amides is 1. The van der Waals surface area contributed by atoms with Crippen molar-refractivity contribution in [3.63, 3.8) is 0 Å². The number of halogens is 1. The summed E-state index contributed by atoms with van der Waals surface area (Å²) in [4.78, 5) is 25.9. The Morgan fingerprint density at radius 2 is 2.00 bits per heavy atom. The third-order valence-corrected chi connectivity index (χ3v) is 5.33. The molecule has 0 saturated carbocycles. The van der Waals surface area contributed by atoms with E-state index in [4.69, 9.17) is 20.6 Å². The zero-order valence-corrected chi connectivity index (χ0v) is 17.4. The summed E-state index contributed by atoms with van der Waals surface area (Å²) >= 11 is 0. The summed E-state index contributed by atoms with van der Waals surface area (Å²) in [6, 6.07) is 12.5. The minimum absolute atomic E-state index is 0. The summed E-state index contributed by atoms with van der Waals surface area (Å²) in [5.74, 6) is -0.281. The highest BCUT2D eigenvalue weighted by atomic mass is 19.0. The molecule has 0 saturated heterocycles. The van der Waals surface area contributed by atoms with E-state index < -0.39 is 5.97 Å². The molecule has 3 rings (SSSR count). The van der Waals surface area contributed by atoms with Gasteiger partial charge in [0.2, 0.25) is 0 Å². The molecule has 7 nitrogen and oxygen atoms in total. The molecule has 1 aliphatic rings. The number of carbonyl (C=O) groups is 2. The lowest BCUT2D eigenvalue weighted by molar-refractivity contribution is -0.138. The molecular weight excluding hydrogens is 413 g/mol. The summed E-state index contributed by atoms with van der Waals surface area (Å²) in [6.45, 7) is 2.88. The molecule has 32 heavy (non-hydrogen) atoms. The lowest BCUT2D eigenvalue weighted by atomic mass is 9.95. The van der Waals surface area contributed by atoms with Crippen molar-refractivity contribution in [2.45, 2.75) is 52.7 Å². The molecule has 4 N–H and O–H groups in total. The zero-order chi connectivity index (χ0) is 23.7. The first-order valence-corrected chi connectivity index (χ1v) is 10.1. The number of carboxylic acids is 1. The number of fused-ring (bicyclic) bond motifs is 1. The first kappa shape index (κ1) is 24.8. The molecule has 0 spiro atoms. The summed E-state index contributed by atoms with van der Waals surface area (Å²) in [7, 11) is 0. The molecule has 1 heterocycles. The van der Waals surface area contributed by atoms with Crippen LogP contribution in [-0.2, 0) is 17.8 Å². The number of ether oxygens (including phenoxy) is 1. The van der Waals surface area contributed by atoms with Crippen LogP contribution < -0.4 is 10.5 Å². The maximum atomic E-state index is 13.0. The van der Waals surface area contributed by atoms with Crippen molar-refractivity contribution in [2.24, 2.45) is 5.73 Å². The van der Waals surface area contributed by atoms with E-state index in [-0.39, 0.29) is 31.6 Å². The minimum Gasteiger partial charge on any atom is -0.489 e. The normalized spacial score (nSPS) is 13.5. The number of aliphatic carboxylic acids is 1. The van der Waals surface area contributed by atoms with Crippen molar-refractivity contribution in [1.29, 1.82) is 6.86 Å². The van der Waals surface area contributed by atoms with Crippen LogP contribution in [0.15, 0.2) is 42.5 Å². The Morgan fingerprint density at radius 3 is 2.59 bits per heavy atom. The van der Waals surface area contributed by atoms with Crippen molar-refractivity contribution < 1.29 is 24.1 Å². The minimum atomic E-state index is -0.882. The SMILES string of the molecule is C.CCCC(CC(=O)O)N1CCc2cc(OCc3ccc(C(=N)N)cc3)ccc2C1=O.[3H]F. The predicted molar refractivity (Wildman–Crippen MR) is 123 cm³/mol. The van der Waals surface area contributed by atoms with Gasteiger partial charge >= 0.3 is 5.97 Å². The Balaban J connectivity index is 0.00000177. The highest BCUT2D eigenvalue weighted by molar-refractivity contribution is 5.97. The van der Waals surface area contributed by atoms with E-state index in [1.807, 2.05) is 25.1 Å². The highest BCUT2D eigenvalue weighted by Gasteiger charge is 2.31. The number of nitrogen functional groups attached to an aromatic ring is 1. The lowest BCUT2D eigenvalue weighted by Gasteiger charge is -2.35. The largest absolute Gasteiger partial charge is 0.489 e. The van der Waals surface area contributed by atoms with Crippen molar-refractivity contribution in [1.82, 2.24) is 4.90 Å². The number of hydrogen-bond donors (Lipinski definition) is 3. The molecule has 1 atom stereocenters. The molecule has 0 aromatic heterocycles. The van der Waals surface area contributed by atoms with E-state index >= 15 is 0 Å². The highest BCUT2D eigenvalue weighted by Crippen LogP contribution is 2.27. The van der Waals surface area contributed by atoms with Gasteiger partial charge in [0, 0.05) is 23.7 Å². The topological polar surface area (TPSA) is 117 Å². The number of nitrogens with one attached hydrogen (secondary N) is 1. The quantitative estimate of drug-likeness (QED) is 0.397. The number of amidine groups is 1. The Labute approximate surface area is 189 Å². The Morgan fingerprint density at radius 1 is 1.31 bits per heavy atom. The smallest absolute Gasteiger partial charge is 0.305 e. The number of hydrogen-bond acceptors (Lipinski definition) is 4. The van der Waals surface area contributed by atoms with Crippen LogP contribution >= 0.6 is 0 Å². The van der Waals surface area contributed by atoms with Crippen molar-refractivity contribution >= 4 is 17.7 Å². The van der Waals surface area contributed by atoms with E-state index in [0.29, 0.717) is 42.9 Å². The van der Waals surface area contributed by atoms with Crippen molar-refractivity contribution in [3.8, 4) is 5.75 Å². The van der Waals surface area contributed by atoms with Gasteiger partial charge in [-0.15, -0.1) is 0 Å². The van der Waals surface area contributed by atoms with Gasteiger partial charge in [-0.05, 0) is 42.2 Å². The molecule has 0 aliphatic carbocycles. The second-order valence-electron chi connectivity index (χ2n) is 7.51. The standard InChI is InChI=1S/C23H27N3O4.CH4.FH/c1-2-3-18(13-21(27)28)26-11-10-17-12-19(8-9-20(17)23(26)29)30-14-15-4-6-16(7-5-15)22(24)25;;/h4-9,12,18H,2-3,10-11,13-14H2,1H3,(H3,24,25)(H,27,28);1H4;1H/i/hT. The number of nitrogens with two attached hydrogens (primary N) is 1. The maximum absolute atomic E-state index is 13.0. The van der Waals surface area contributed by atoms with Crippen LogP contribution in [0.1, 0.15) is 60.7 Å². The van der Waals surface area contributed by atoms with Crippen LogP contribution in [0.25, 0.3) is 0 Å². The van der Waals surface area contributed by atoms with Gasteiger partial charge < -0.3 is 20.5 Å². The van der Waals surface area contributed by atoms with Gasteiger partial charge in [-0.3, -0.25) is 19.7 Å². The van der Waals surface area contributed by atoms with Crippen LogP contribution in [0.4, 0.5) is 4.72 Å². The average Bonchev–Trinajstić information content (AvgIpc) is 2.79. The molecule has 1 unspecified atom stereocenters. The van der Waals surface area contributed by atoms with E-state index in [0.717, 1.165) is 17.5 Å². The van der Waals surface area contributed by atoms with Gasteiger partial charge in [-0.1, -0.05) is 45.0 Å². The van der Waals surface area contributed by atoms with Gasteiger partial charge in [0.1, 0.15) is 18.2 Å². The van der Waals surface area contributed by atoms with Crippen LogP contribution in [0, 0.1) is 5.41 Å². The van der Waals surface area contributed by atoms with Crippen molar-refractivity contribution in [3.05, 3.63) is 64.7 Å². The molecular formula is C24H32FN3O4. The monoisotopic (exact) mass is 447 g/mol. The average molecular weight is 448 g/mol. The first-order chi connectivity index (χ1) is 15.4. The fraction of sp³-hybridized carbons (Fsp3) is 0.375. The Kier molecular flexibility index (Phi) is 9.19. The summed E-state index contributed by atoms with van der Waals surface area (Å²) < 4.78 is 18.9. The van der Waals surface area contributed by atoms with Crippen LogP contribution in [-0.4, -0.2) is 41.8 Å². The van der Waals surface area contributed by atoms with Gasteiger partial charge in [0.05, 0.1) is 6.42 Å². The second-order valence-corrected chi connectivity index (χ2v) is 7.51. The number of benzene rings is 2. The number of carboxylic acid groups (broad SMARTS) is 1. The fourth-order valence-corrected chi connectivity index (χ4v) is 3.77. The molecule has 1 amide bonds. The van der Waals surface area contributed by atoms with E-state index in [9.17, 15) is 14.7 Å². The number of nitrogens with zero attached hydrogens (tertiary/aromatic N) is 1. The van der Waals surface area contributed by atoms with Gasteiger partial charge in [0.25, 0.3) is 7.36 Å². The fourth-order valence-electron chi connectivity index (χ4n) is 3.77. The zero-order valence-electron chi connectivity index (χ0n) is 18.4. The maximum Gasteiger partial charge on any atom is 0.305 e. The third kappa shape index (κ3) is 6.29. The molecule has 0 fully saturated rings. The lowest BCUT2D eigenvalue weighted by Crippen LogP contribution is -2.45. The third-order valence-electron chi connectivity index (χ3n) is 5.33. The van der Waals surface area contributed by atoms with Crippen LogP contribution in [0.2, 0.25) is 0 Å². The summed E-state index contributed by atoms with van der Waals surface area (Å²) in [6.07, 6.45) is 2.15. The molecule has 1 aliphatic heterocycles. The summed E-state index contributed by atoms with van der Waals surface area (Å²) in [5, 5.41) is 16.6.